The normalized spacial score (nSPS) is 12.2. The molecule has 198 valence electrons. The van der Waals surface area contributed by atoms with Crippen molar-refractivity contribution in [3.63, 3.8) is 0 Å². The highest BCUT2D eigenvalue weighted by atomic mass is 16.5. The van der Waals surface area contributed by atoms with Gasteiger partial charge in [-0.2, -0.15) is 0 Å². The Kier molecular flexibility index (Phi) is 7.66. The standard InChI is InChI=1S/C29H33N5O4/c1-19-11-7-9-13-24(19)34(26(35)18-33-25-14-10-8-12-23(25)31-32-33)27(28(36)30-29(2,3)4)20-15-21(37-5)17-22(16-20)38-6/h7-17,27H,18H2,1-6H3,(H,30,36)/t27-/m1/s1. The fourth-order valence-corrected chi connectivity index (χ4v) is 4.33. The van der Waals surface area contributed by atoms with Crippen LogP contribution in [-0.2, 0) is 16.1 Å². The molecule has 0 spiro atoms. The number of carbonyl (C=O) groups excluding carboxylic acids is 2. The molecule has 38 heavy (non-hydrogen) atoms. The van der Waals surface area contributed by atoms with Crippen LogP contribution in [0.15, 0.2) is 66.7 Å². The van der Waals surface area contributed by atoms with Gasteiger partial charge >= 0.3 is 0 Å². The first-order chi connectivity index (χ1) is 18.1. The summed E-state index contributed by atoms with van der Waals surface area (Å²) in [6, 6.07) is 19.1. The van der Waals surface area contributed by atoms with Crippen LogP contribution >= 0.6 is 0 Å². The van der Waals surface area contributed by atoms with Gasteiger partial charge in [0.1, 0.15) is 29.6 Å². The molecule has 9 heteroatoms. The lowest BCUT2D eigenvalue weighted by atomic mass is 9.99. The molecule has 2 amide bonds. The number of aryl methyl sites for hydroxylation is 1. The molecule has 4 aromatic rings. The van der Waals surface area contributed by atoms with Crippen molar-refractivity contribution < 1.29 is 19.1 Å². The molecule has 0 aliphatic carbocycles. The number of ether oxygens (including phenoxy) is 2. The third kappa shape index (κ3) is 5.77. The number of anilines is 1. The molecule has 1 heterocycles. The van der Waals surface area contributed by atoms with Gasteiger partial charge in [-0.25, -0.2) is 4.68 Å². The SMILES string of the molecule is COc1cc(OC)cc([C@H](C(=O)NC(C)(C)C)N(C(=O)Cn2nnc3ccccc32)c2ccccc2C)c1. The fraction of sp³-hybridized carbons (Fsp3) is 0.310. The molecule has 4 rings (SSSR count). The molecule has 9 nitrogen and oxygen atoms in total. The quantitative estimate of drug-likeness (QED) is 0.372. The molecule has 0 aliphatic heterocycles. The van der Waals surface area contributed by atoms with Gasteiger partial charge in [0.15, 0.2) is 0 Å². The van der Waals surface area contributed by atoms with E-state index >= 15 is 0 Å². The van der Waals surface area contributed by atoms with Crippen LogP contribution in [0.3, 0.4) is 0 Å². The summed E-state index contributed by atoms with van der Waals surface area (Å²) in [5.74, 6) is 0.346. The van der Waals surface area contributed by atoms with Gasteiger partial charge in [-0.15, -0.1) is 5.10 Å². The summed E-state index contributed by atoms with van der Waals surface area (Å²) in [7, 11) is 3.09. The van der Waals surface area contributed by atoms with Crippen molar-refractivity contribution in [2.24, 2.45) is 0 Å². The summed E-state index contributed by atoms with van der Waals surface area (Å²) in [6.07, 6.45) is 0. The predicted molar refractivity (Wildman–Crippen MR) is 146 cm³/mol. The molecule has 0 aliphatic rings. The minimum absolute atomic E-state index is 0.116. The Labute approximate surface area is 222 Å². The average molecular weight is 516 g/mol. The molecule has 0 fully saturated rings. The van der Waals surface area contributed by atoms with E-state index in [2.05, 4.69) is 15.6 Å². The Hall–Kier alpha value is -4.40. The fourth-order valence-electron chi connectivity index (χ4n) is 4.33. The number of para-hydroxylation sites is 2. The van der Waals surface area contributed by atoms with Gasteiger partial charge in [-0.05, 0) is 69.2 Å². The lowest BCUT2D eigenvalue weighted by Crippen LogP contribution is -2.50. The first-order valence-corrected chi connectivity index (χ1v) is 12.3. The van der Waals surface area contributed by atoms with Crippen LogP contribution in [0.2, 0.25) is 0 Å². The number of fused-ring (bicyclic) bond motifs is 1. The maximum Gasteiger partial charge on any atom is 0.249 e. The highest BCUT2D eigenvalue weighted by Gasteiger charge is 2.36. The van der Waals surface area contributed by atoms with Crippen LogP contribution in [0.4, 0.5) is 5.69 Å². The maximum atomic E-state index is 14.2. The first-order valence-electron chi connectivity index (χ1n) is 12.3. The van der Waals surface area contributed by atoms with Crippen molar-refractivity contribution in [2.75, 3.05) is 19.1 Å². The van der Waals surface area contributed by atoms with E-state index in [-0.39, 0.29) is 18.4 Å². The summed E-state index contributed by atoms with van der Waals surface area (Å²) in [6.45, 7) is 7.49. The van der Waals surface area contributed by atoms with Crippen molar-refractivity contribution in [3.05, 3.63) is 77.9 Å². The number of nitrogens with one attached hydrogen (secondary N) is 1. The van der Waals surface area contributed by atoms with Crippen molar-refractivity contribution in [1.29, 1.82) is 0 Å². The van der Waals surface area contributed by atoms with Gasteiger partial charge < -0.3 is 14.8 Å². The number of amides is 2. The second-order valence-corrected chi connectivity index (χ2v) is 10.1. The van der Waals surface area contributed by atoms with E-state index in [0.29, 0.717) is 28.3 Å². The topological polar surface area (TPSA) is 98.6 Å². The highest BCUT2D eigenvalue weighted by Crippen LogP contribution is 2.35. The third-order valence-corrected chi connectivity index (χ3v) is 6.04. The van der Waals surface area contributed by atoms with E-state index in [1.807, 2.05) is 76.2 Å². The number of aromatic nitrogens is 3. The summed E-state index contributed by atoms with van der Waals surface area (Å²) in [5, 5.41) is 11.4. The molecule has 0 saturated carbocycles. The Morgan fingerprint density at radius 2 is 1.61 bits per heavy atom. The molecule has 0 saturated heterocycles. The monoisotopic (exact) mass is 515 g/mol. The molecular weight excluding hydrogens is 482 g/mol. The zero-order valence-corrected chi connectivity index (χ0v) is 22.6. The largest absolute Gasteiger partial charge is 0.497 e. The number of methoxy groups -OCH3 is 2. The lowest BCUT2D eigenvalue weighted by molar-refractivity contribution is -0.128. The van der Waals surface area contributed by atoms with Crippen LogP contribution in [0.25, 0.3) is 11.0 Å². The second-order valence-electron chi connectivity index (χ2n) is 10.1. The molecule has 3 aromatic carbocycles. The van der Waals surface area contributed by atoms with Crippen LogP contribution in [0.5, 0.6) is 11.5 Å². The number of hydrogen-bond donors (Lipinski definition) is 1. The highest BCUT2D eigenvalue weighted by molar-refractivity contribution is 6.02. The number of rotatable bonds is 8. The van der Waals surface area contributed by atoms with Gasteiger partial charge in [0.2, 0.25) is 11.8 Å². The zero-order valence-electron chi connectivity index (χ0n) is 22.6. The third-order valence-electron chi connectivity index (χ3n) is 6.04. The molecule has 0 radical (unpaired) electrons. The van der Waals surface area contributed by atoms with Gasteiger partial charge in [0, 0.05) is 17.3 Å². The molecule has 1 aromatic heterocycles. The zero-order chi connectivity index (χ0) is 27.4. The van der Waals surface area contributed by atoms with Crippen LogP contribution in [0, 0.1) is 6.92 Å². The van der Waals surface area contributed by atoms with Gasteiger partial charge in [0.25, 0.3) is 0 Å². The second kappa shape index (κ2) is 10.9. The summed E-state index contributed by atoms with van der Waals surface area (Å²) >= 11 is 0. The van der Waals surface area contributed by atoms with E-state index in [1.54, 1.807) is 37.1 Å². The van der Waals surface area contributed by atoms with Gasteiger partial charge in [0.05, 0.1) is 19.7 Å². The number of benzene rings is 3. The first kappa shape index (κ1) is 26.7. The van der Waals surface area contributed by atoms with Crippen molar-refractivity contribution in [3.8, 4) is 11.5 Å². The van der Waals surface area contributed by atoms with Crippen molar-refractivity contribution in [1.82, 2.24) is 20.3 Å². The molecule has 0 unspecified atom stereocenters. The van der Waals surface area contributed by atoms with Crippen LogP contribution in [0.1, 0.15) is 37.9 Å². The van der Waals surface area contributed by atoms with E-state index < -0.39 is 11.6 Å². The average Bonchev–Trinajstić information content (AvgIpc) is 3.28. The molecular formula is C29H33N5O4. The minimum Gasteiger partial charge on any atom is -0.497 e. The summed E-state index contributed by atoms with van der Waals surface area (Å²) in [5.41, 5.74) is 2.86. The van der Waals surface area contributed by atoms with E-state index in [0.717, 1.165) is 11.1 Å². The van der Waals surface area contributed by atoms with E-state index in [4.69, 9.17) is 9.47 Å². The minimum atomic E-state index is -1.03. The predicted octanol–water partition coefficient (Wildman–Crippen LogP) is 4.45. The maximum absolute atomic E-state index is 14.2. The lowest BCUT2D eigenvalue weighted by Gasteiger charge is -2.34. The Morgan fingerprint density at radius 1 is 0.974 bits per heavy atom. The number of nitrogens with zero attached hydrogens (tertiary/aromatic N) is 4. The van der Waals surface area contributed by atoms with Crippen molar-refractivity contribution >= 4 is 28.5 Å². The van der Waals surface area contributed by atoms with Gasteiger partial charge in [-0.3, -0.25) is 14.5 Å². The van der Waals surface area contributed by atoms with Crippen LogP contribution < -0.4 is 19.7 Å². The van der Waals surface area contributed by atoms with Crippen molar-refractivity contribution in [2.45, 2.75) is 45.8 Å². The Balaban J connectivity index is 1.89. The van der Waals surface area contributed by atoms with E-state index in [1.165, 1.54) is 4.90 Å². The molecule has 0 bridgehead atoms. The smallest absolute Gasteiger partial charge is 0.249 e. The number of hydrogen-bond acceptors (Lipinski definition) is 6. The molecule has 1 N–H and O–H groups in total. The Bertz CT molecular complexity index is 1430. The Morgan fingerprint density at radius 3 is 2.24 bits per heavy atom. The summed E-state index contributed by atoms with van der Waals surface area (Å²) < 4.78 is 12.5. The summed E-state index contributed by atoms with van der Waals surface area (Å²) in [4.78, 5) is 29.7. The molecule has 1 atom stereocenters. The van der Waals surface area contributed by atoms with Crippen LogP contribution in [-0.4, -0.2) is 46.6 Å². The van der Waals surface area contributed by atoms with E-state index in [9.17, 15) is 9.59 Å². The van der Waals surface area contributed by atoms with Gasteiger partial charge in [-0.1, -0.05) is 35.5 Å². The number of carbonyl (C=O) groups is 2.